The van der Waals surface area contributed by atoms with Gasteiger partial charge >= 0.3 is 0 Å². The molecule has 0 saturated heterocycles. The van der Waals surface area contributed by atoms with Crippen molar-refractivity contribution in [3.05, 3.63) is 48.2 Å². The highest BCUT2D eigenvalue weighted by atomic mass is 32.2. The lowest BCUT2D eigenvalue weighted by molar-refractivity contribution is 0.469. The zero-order valence-corrected chi connectivity index (χ0v) is 22.1. The van der Waals surface area contributed by atoms with Crippen LogP contribution in [0.2, 0.25) is 0 Å². The summed E-state index contributed by atoms with van der Waals surface area (Å²) in [5.41, 5.74) is 8.98. The van der Waals surface area contributed by atoms with Crippen molar-refractivity contribution in [1.29, 1.82) is 0 Å². The Labute approximate surface area is 211 Å². The highest BCUT2D eigenvalue weighted by Crippen LogP contribution is 2.33. The quantitative estimate of drug-likeness (QED) is 0.112. The molecule has 0 aliphatic carbocycles. The largest absolute Gasteiger partial charge is 0.382 e. The highest BCUT2D eigenvalue weighted by molar-refractivity contribution is 8.01. The third-order valence-corrected chi connectivity index (χ3v) is 7.54. The van der Waals surface area contributed by atoms with E-state index in [0.717, 1.165) is 28.1 Å². The fourth-order valence-electron chi connectivity index (χ4n) is 3.45. The Morgan fingerprint density at radius 3 is 2.62 bits per heavy atom. The van der Waals surface area contributed by atoms with Gasteiger partial charge in [-0.15, -0.1) is 20.4 Å². The number of azo groups is 1. The maximum Gasteiger partial charge on any atom is 0.252 e. The maximum absolute atomic E-state index is 6.21. The van der Waals surface area contributed by atoms with Crippen molar-refractivity contribution in [2.45, 2.75) is 64.1 Å². The molecule has 0 saturated carbocycles. The number of thioether (sulfide) groups is 1. The van der Waals surface area contributed by atoms with E-state index in [1.54, 1.807) is 22.6 Å². The molecule has 1 atom stereocenters. The second-order valence-electron chi connectivity index (χ2n) is 9.09. The number of allylic oxidation sites excluding steroid dienone is 2. The zero-order chi connectivity index (χ0) is 24.3. The minimum absolute atomic E-state index is 0.439. The third-order valence-electron chi connectivity index (χ3n) is 5.37. The molecule has 0 amide bonds. The summed E-state index contributed by atoms with van der Waals surface area (Å²) in [5.74, 6) is 2.90. The normalized spacial score (nSPS) is 12.5. The van der Waals surface area contributed by atoms with Gasteiger partial charge in [0.2, 0.25) is 0 Å². The molecule has 0 bridgehead atoms. The summed E-state index contributed by atoms with van der Waals surface area (Å²) < 4.78 is 2.56. The Kier molecular flexibility index (Phi) is 10.3. The van der Waals surface area contributed by atoms with Gasteiger partial charge in [0.1, 0.15) is 5.69 Å². The third kappa shape index (κ3) is 8.36. The first-order valence-corrected chi connectivity index (χ1v) is 13.6. The van der Waals surface area contributed by atoms with Gasteiger partial charge in [-0.2, -0.15) is 5.10 Å². The van der Waals surface area contributed by atoms with Crippen molar-refractivity contribution < 1.29 is 0 Å². The van der Waals surface area contributed by atoms with Crippen molar-refractivity contribution in [2.24, 2.45) is 22.1 Å². The number of hydrogen-bond acceptors (Lipinski definition) is 8. The average Bonchev–Trinajstić information content (AvgIpc) is 3.43. The molecule has 0 radical (unpaired) electrons. The Morgan fingerprint density at radius 2 is 1.88 bits per heavy atom. The molecular formula is C25H35N7S2. The van der Waals surface area contributed by atoms with Crippen LogP contribution in [-0.4, -0.2) is 25.7 Å². The lowest BCUT2D eigenvalue weighted by Gasteiger charge is -2.14. The molecule has 9 heteroatoms. The Hall–Kier alpha value is -2.52. The van der Waals surface area contributed by atoms with Crippen LogP contribution in [0.3, 0.4) is 0 Å². The predicted molar refractivity (Wildman–Crippen MR) is 144 cm³/mol. The number of unbranched alkanes of at least 4 members (excludes halogenated alkanes) is 1. The average molecular weight is 498 g/mol. The molecule has 3 rings (SSSR count). The second kappa shape index (κ2) is 13.4. The number of para-hydroxylation sites is 1. The maximum atomic E-state index is 6.21. The second-order valence-corrected chi connectivity index (χ2v) is 11.3. The van der Waals surface area contributed by atoms with E-state index >= 15 is 0 Å². The van der Waals surface area contributed by atoms with E-state index in [4.69, 9.17) is 5.73 Å². The van der Waals surface area contributed by atoms with Crippen LogP contribution >= 0.6 is 23.1 Å². The van der Waals surface area contributed by atoms with E-state index in [9.17, 15) is 0 Å². The van der Waals surface area contributed by atoms with Gasteiger partial charge < -0.3 is 5.73 Å². The van der Waals surface area contributed by atoms with Crippen LogP contribution in [0, 0.1) is 11.8 Å². The summed E-state index contributed by atoms with van der Waals surface area (Å²) in [6, 6.07) is 9.70. The first-order chi connectivity index (χ1) is 16.4. The molecule has 2 aromatic heterocycles. The SMILES string of the molecule is CC(C)=CCC(CCCCC(C)C)CSc1nnc(N=Nc2cnn(-c3ccccc3)c2N)s1. The summed E-state index contributed by atoms with van der Waals surface area (Å²) in [7, 11) is 0. The van der Waals surface area contributed by atoms with Crippen LogP contribution in [0.1, 0.15) is 59.8 Å². The molecule has 7 nitrogen and oxygen atoms in total. The van der Waals surface area contributed by atoms with Crippen LogP contribution in [-0.2, 0) is 0 Å². The van der Waals surface area contributed by atoms with Gasteiger partial charge in [-0.3, -0.25) is 0 Å². The number of nitrogen functional groups attached to an aromatic ring is 1. The lowest BCUT2D eigenvalue weighted by atomic mass is 9.97. The van der Waals surface area contributed by atoms with E-state index in [1.165, 1.54) is 42.6 Å². The smallest absolute Gasteiger partial charge is 0.252 e. The van der Waals surface area contributed by atoms with Crippen LogP contribution in [0.5, 0.6) is 0 Å². The number of nitrogens with zero attached hydrogens (tertiary/aromatic N) is 6. The number of rotatable bonds is 13. The van der Waals surface area contributed by atoms with Gasteiger partial charge in [0.25, 0.3) is 5.13 Å². The summed E-state index contributed by atoms with van der Waals surface area (Å²) in [4.78, 5) is 0. The fourth-order valence-corrected chi connectivity index (χ4v) is 5.29. The van der Waals surface area contributed by atoms with Crippen LogP contribution in [0.15, 0.2) is 62.7 Å². The standard InChI is InChI=1S/C25H35N7S2/c1-18(2)10-8-9-11-20(15-14-19(3)4)17-33-25-31-30-24(34-25)29-28-22-16-27-32(23(22)26)21-12-6-5-7-13-21/h5-7,12-14,16,18,20H,8-11,15,17,26H2,1-4H3. The highest BCUT2D eigenvalue weighted by Gasteiger charge is 2.12. The molecule has 0 aliphatic heterocycles. The van der Waals surface area contributed by atoms with Gasteiger partial charge in [0.15, 0.2) is 10.2 Å². The summed E-state index contributed by atoms with van der Waals surface area (Å²) in [5, 5.41) is 21.8. The zero-order valence-electron chi connectivity index (χ0n) is 20.5. The number of hydrogen-bond donors (Lipinski definition) is 1. The van der Waals surface area contributed by atoms with Crippen LogP contribution in [0.4, 0.5) is 16.6 Å². The molecule has 1 unspecified atom stereocenters. The molecule has 34 heavy (non-hydrogen) atoms. The number of anilines is 1. The van der Waals surface area contributed by atoms with Crippen molar-refractivity contribution in [3.8, 4) is 5.69 Å². The lowest BCUT2D eigenvalue weighted by Crippen LogP contribution is -2.03. The minimum Gasteiger partial charge on any atom is -0.382 e. The number of nitrogens with two attached hydrogens (primary N) is 1. The summed E-state index contributed by atoms with van der Waals surface area (Å²) in [6.45, 7) is 8.93. The fraction of sp³-hybridized carbons (Fsp3) is 0.480. The van der Waals surface area contributed by atoms with E-state index in [0.29, 0.717) is 22.6 Å². The van der Waals surface area contributed by atoms with Crippen LogP contribution < -0.4 is 5.73 Å². The predicted octanol–water partition coefficient (Wildman–Crippen LogP) is 8.00. The van der Waals surface area contributed by atoms with Crippen molar-refractivity contribution >= 4 is 39.7 Å². The number of benzene rings is 1. The first kappa shape index (κ1) is 26.1. The molecule has 182 valence electrons. The van der Waals surface area contributed by atoms with E-state index in [-0.39, 0.29) is 0 Å². The van der Waals surface area contributed by atoms with Gasteiger partial charge in [-0.1, -0.05) is 86.1 Å². The number of aromatic nitrogens is 4. The van der Waals surface area contributed by atoms with Gasteiger partial charge in [0.05, 0.1) is 11.9 Å². The van der Waals surface area contributed by atoms with Gasteiger partial charge in [0, 0.05) is 5.75 Å². The van der Waals surface area contributed by atoms with Crippen molar-refractivity contribution in [3.63, 3.8) is 0 Å². The summed E-state index contributed by atoms with van der Waals surface area (Å²) >= 11 is 3.22. The molecule has 3 aromatic rings. The molecule has 0 aliphatic rings. The van der Waals surface area contributed by atoms with Crippen LogP contribution in [0.25, 0.3) is 5.69 Å². The minimum atomic E-state index is 0.439. The van der Waals surface area contributed by atoms with E-state index < -0.39 is 0 Å². The van der Waals surface area contributed by atoms with E-state index in [2.05, 4.69) is 59.3 Å². The van der Waals surface area contributed by atoms with Crippen molar-refractivity contribution in [2.75, 3.05) is 11.5 Å². The molecule has 2 N–H and O–H groups in total. The van der Waals surface area contributed by atoms with Gasteiger partial charge in [-0.25, -0.2) is 4.68 Å². The summed E-state index contributed by atoms with van der Waals surface area (Å²) in [6.07, 6.45) is 10.2. The Morgan fingerprint density at radius 1 is 1.12 bits per heavy atom. The molecule has 1 aromatic carbocycles. The topological polar surface area (TPSA) is 94.3 Å². The van der Waals surface area contributed by atoms with Crippen molar-refractivity contribution in [1.82, 2.24) is 20.0 Å². The molecule has 0 fully saturated rings. The monoisotopic (exact) mass is 497 g/mol. The first-order valence-electron chi connectivity index (χ1n) is 11.8. The van der Waals surface area contributed by atoms with Gasteiger partial charge in [-0.05, 0) is 50.7 Å². The Bertz CT molecular complexity index is 1070. The van der Waals surface area contributed by atoms with E-state index in [1.807, 2.05) is 30.3 Å². The molecule has 2 heterocycles. The Balaban J connectivity index is 1.56. The molecule has 0 spiro atoms. The molecular weight excluding hydrogens is 462 g/mol.